The number of hydrogen-bond donors (Lipinski definition) is 3. The van der Waals surface area contributed by atoms with E-state index < -0.39 is 5.60 Å². The average molecular weight is 278 g/mol. The molecule has 6 nitrogen and oxygen atoms in total. The van der Waals surface area contributed by atoms with E-state index in [2.05, 4.69) is 20.5 Å². The van der Waals surface area contributed by atoms with E-state index in [1.807, 2.05) is 6.07 Å². The molecule has 6 heteroatoms. The Balaban J connectivity index is 1.95. The number of amides is 1. The van der Waals surface area contributed by atoms with E-state index in [-0.39, 0.29) is 12.5 Å². The summed E-state index contributed by atoms with van der Waals surface area (Å²) in [5.41, 5.74) is 0.481. The smallest absolute Gasteiger partial charge is 0.269 e. The van der Waals surface area contributed by atoms with Crippen LogP contribution in [0.1, 0.15) is 24.3 Å². The molecule has 1 aromatic heterocycles. The molecule has 110 valence electrons. The minimum Gasteiger partial charge on any atom is -0.389 e. The van der Waals surface area contributed by atoms with Crippen LogP contribution in [0.4, 0.5) is 5.69 Å². The van der Waals surface area contributed by atoms with E-state index in [1.165, 1.54) is 0 Å². The molecule has 3 N–H and O–H groups in total. The number of anilines is 1. The van der Waals surface area contributed by atoms with Gasteiger partial charge >= 0.3 is 0 Å². The van der Waals surface area contributed by atoms with Crippen molar-refractivity contribution in [2.45, 2.75) is 19.4 Å². The molecule has 1 aromatic rings. The van der Waals surface area contributed by atoms with Crippen molar-refractivity contribution in [3.8, 4) is 0 Å². The van der Waals surface area contributed by atoms with Crippen LogP contribution in [0, 0.1) is 0 Å². The second kappa shape index (κ2) is 6.19. The second-order valence-corrected chi connectivity index (χ2v) is 5.63. The highest BCUT2D eigenvalue weighted by Crippen LogP contribution is 2.13. The lowest BCUT2D eigenvalue weighted by Gasteiger charge is -2.29. The normalized spacial score (nSPS) is 16.1. The average Bonchev–Trinajstić information content (AvgIpc) is 2.45. The lowest BCUT2D eigenvalue weighted by Crippen LogP contribution is -2.43. The first-order valence-corrected chi connectivity index (χ1v) is 6.88. The first-order valence-electron chi connectivity index (χ1n) is 6.88. The predicted molar refractivity (Wildman–Crippen MR) is 78.0 cm³/mol. The number of piperazine rings is 1. The maximum Gasteiger partial charge on any atom is 0.269 e. The van der Waals surface area contributed by atoms with Gasteiger partial charge in [-0.1, -0.05) is 0 Å². The van der Waals surface area contributed by atoms with Gasteiger partial charge < -0.3 is 20.6 Å². The largest absolute Gasteiger partial charge is 0.389 e. The van der Waals surface area contributed by atoms with Gasteiger partial charge in [-0.05, 0) is 26.0 Å². The Bertz CT molecular complexity index is 447. The van der Waals surface area contributed by atoms with Gasteiger partial charge in [0, 0.05) is 32.7 Å². The Morgan fingerprint density at radius 1 is 1.45 bits per heavy atom. The van der Waals surface area contributed by atoms with Crippen molar-refractivity contribution < 1.29 is 9.90 Å². The standard InChI is InChI=1S/C14H22N4O2/c1-14(2,20)10-17-13(19)12-4-3-11(9-16-12)18-7-5-15-6-8-18/h3-4,9,15,20H,5-8,10H2,1-2H3,(H,17,19). The maximum absolute atomic E-state index is 11.9. The SMILES string of the molecule is CC(C)(O)CNC(=O)c1ccc(N2CCNCC2)cn1. The topological polar surface area (TPSA) is 77.5 Å². The first-order chi connectivity index (χ1) is 9.46. The van der Waals surface area contributed by atoms with Gasteiger partial charge in [-0.3, -0.25) is 4.79 Å². The van der Waals surface area contributed by atoms with Crippen molar-refractivity contribution in [1.29, 1.82) is 0 Å². The van der Waals surface area contributed by atoms with Crippen LogP contribution >= 0.6 is 0 Å². The molecule has 20 heavy (non-hydrogen) atoms. The van der Waals surface area contributed by atoms with Gasteiger partial charge in [0.2, 0.25) is 0 Å². The van der Waals surface area contributed by atoms with Crippen molar-refractivity contribution >= 4 is 11.6 Å². The van der Waals surface area contributed by atoms with Gasteiger partial charge in [0.05, 0.1) is 17.5 Å². The highest BCUT2D eigenvalue weighted by Gasteiger charge is 2.16. The lowest BCUT2D eigenvalue weighted by atomic mass is 10.1. The van der Waals surface area contributed by atoms with Crippen LogP contribution in [0.3, 0.4) is 0 Å². The monoisotopic (exact) mass is 278 g/mol. The van der Waals surface area contributed by atoms with Crippen LogP contribution in [-0.2, 0) is 0 Å². The Kier molecular flexibility index (Phi) is 4.57. The molecule has 0 radical (unpaired) electrons. The number of nitrogens with zero attached hydrogens (tertiary/aromatic N) is 2. The van der Waals surface area contributed by atoms with Gasteiger partial charge in [-0.25, -0.2) is 4.98 Å². The molecule has 1 amide bonds. The van der Waals surface area contributed by atoms with Crippen LogP contribution in [0.2, 0.25) is 0 Å². The number of pyridine rings is 1. The van der Waals surface area contributed by atoms with Crippen molar-refractivity contribution in [2.75, 3.05) is 37.6 Å². The molecule has 0 aliphatic carbocycles. The zero-order valence-corrected chi connectivity index (χ0v) is 12.0. The summed E-state index contributed by atoms with van der Waals surface area (Å²) in [4.78, 5) is 18.3. The Hall–Kier alpha value is -1.66. The van der Waals surface area contributed by atoms with E-state index in [0.717, 1.165) is 31.9 Å². The van der Waals surface area contributed by atoms with Gasteiger partial charge in [-0.2, -0.15) is 0 Å². The summed E-state index contributed by atoms with van der Waals surface area (Å²) in [6.07, 6.45) is 1.73. The summed E-state index contributed by atoms with van der Waals surface area (Å²) in [6, 6.07) is 3.63. The molecule has 0 saturated carbocycles. The summed E-state index contributed by atoms with van der Waals surface area (Å²) < 4.78 is 0. The predicted octanol–water partition coefficient (Wildman–Crippen LogP) is -0.00810. The van der Waals surface area contributed by atoms with Crippen molar-refractivity contribution in [3.05, 3.63) is 24.0 Å². The fourth-order valence-electron chi connectivity index (χ4n) is 2.02. The third-order valence-corrected chi connectivity index (χ3v) is 3.14. The Morgan fingerprint density at radius 2 is 2.15 bits per heavy atom. The molecule has 0 spiro atoms. The molecule has 2 heterocycles. The summed E-state index contributed by atoms with van der Waals surface area (Å²) in [5, 5.41) is 15.5. The number of carbonyl (C=O) groups is 1. The Labute approximate surface area is 119 Å². The summed E-state index contributed by atoms with van der Waals surface area (Å²) in [7, 11) is 0. The van der Waals surface area contributed by atoms with E-state index >= 15 is 0 Å². The fourth-order valence-corrected chi connectivity index (χ4v) is 2.02. The maximum atomic E-state index is 11.9. The third-order valence-electron chi connectivity index (χ3n) is 3.14. The summed E-state index contributed by atoms with van der Waals surface area (Å²) in [5.74, 6) is -0.265. The van der Waals surface area contributed by atoms with E-state index in [4.69, 9.17) is 0 Å². The zero-order chi connectivity index (χ0) is 14.6. The number of aromatic nitrogens is 1. The van der Waals surface area contributed by atoms with Crippen molar-refractivity contribution in [2.24, 2.45) is 0 Å². The van der Waals surface area contributed by atoms with Crippen LogP contribution in [0.15, 0.2) is 18.3 Å². The molecule has 0 unspecified atom stereocenters. The zero-order valence-electron chi connectivity index (χ0n) is 12.0. The summed E-state index contributed by atoms with van der Waals surface area (Å²) in [6.45, 7) is 7.33. The highest BCUT2D eigenvalue weighted by atomic mass is 16.3. The van der Waals surface area contributed by atoms with Gasteiger partial charge in [0.1, 0.15) is 5.69 Å². The summed E-state index contributed by atoms with van der Waals surface area (Å²) >= 11 is 0. The quantitative estimate of drug-likeness (QED) is 0.722. The molecule has 0 aromatic carbocycles. The van der Waals surface area contributed by atoms with E-state index in [9.17, 15) is 9.90 Å². The van der Waals surface area contributed by atoms with Gasteiger partial charge in [0.15, 0.2) is 0 Å². The molecule has 1 fully saturated rings. The third kappa shape index (κ3) is 4.18. The fraction of sp³-hybridized carbons (Fsp3) is 0.571. The molecular weight excluding hydrogens is 256 g/mol. The van der Waals surface area contributed by atoms with Gasteiger partial charge in [-0.15, -0.1) is 0 Å². The van der Waals surface area contributed by atoms with E-state index in [0.29, 0.717) is 5.69 Å². The van der Waals surface area contributed by atoms with Crippen LogP contribution in [-0.4, -0.2) is 54.3 Å². The molecule has 1 aliphatic rings. The molecule has 1 aliphatic heterocycles. The number of aliphatic hydroxyl groups is 1. The minimum absolute atomic E-state index is 0.201. The molecular formula is C14H22N4O2. The van der Waals surface area contributed by atoms with Gasteiger partial charge in [0.25, 0.3) is 5.91 Å². The van der Waals surface area contributed by atoms with Crippen molar-refractivity contribution in [1.82, 2.24) is 15.6 Å². The van der Waals surface area contributed by atoms with E-state index in [1.54, 1.807) is 26.1 Å². The minimum atomic E-state index is -0.920. The number of hydrogen-bond acceptors (Lipinski definition) is 5. The lowest BCUT2D eigenvalue weighted by molar-refractivity contribution is 0.0692. The molecule has 0 atom stereocenters. The first kappa shape index (κ1) is 14.7. The molecule has 2 rings (SSSR count). The Morgan fingerprint density at radius 3 is 2.70 bits per heavy atom. The van der Waals surface area contributed by atoms with Crippen LogP contribution < -0.4 is 15.5 Å². The molecule has 1 saturated heterocycles. The van der Waals surface area contributed by atoms with Crippen molar-refractivity contribution in [3.63, 3.8) is 0 Å². The molecule has 0 bridgehead atoms. The number of carbonyl (C=O) groups excluding carboxylic acids is 1. The number of rotatable bonds is 4. The second-order valence-electron chi connectivity index (χ2n) is 5.63. The highest BCUT2D eigenvalue weighted by molar-refractivity contribution is 5.92. The van der Waals surface area contributed by atoms with Crippen LogP contribution in [0.5, 0.6) is 0 Å². The number of nitrogens with one attached hydrogen (secondary N) is 2. The van der Waals surface area contributed by atoms with Crippen LogP contribution in [0.25, 0.3) is 0 Å².